The molecule has 0 aromatic heterocycles. The monoisotopic (exact) mass is 417 g/mol. The second-order valence-electron chi connectivity index (χ2n) is 6.17. The van der Waals surface area contributed by atoms with E-state index in [0.29, 0.717) is 12.2 Å². The average molecular weight is 418 g/mol. The van der Waals surface area contributed by atoms with E-state index in [1.807, 2.05) is 49.4 Å². The molecule has 136 valence electrons. The van der Waals surface area contributed by atoms with Gasteiger partial charge < -0.3 is 20.3 Å². The van der Waals surface area contributed by atoms with E-state index in [1.54, 1.807) is 12.0 Å². The van der Waals surface area contributed by atoms with E-state index in [-0.39, 0.29) is 24.4 Å². The summed E-state index contributed by atoms with van der Waals surface area (Å²) in [6.07, 6.45) is 0.277. The fourth-order valence-electron chi connectivity index (χ4n) is 2.89. The molecule has 1 aliphatic heterocycles. The quantitative estimate of drug-likeness (QED) is 0.796. The van der Waals surface area contributed by atoms with Crippen LogP contribution < -0.4 is 20.3 Å². The zero-order chi connectivity index (χ0) is 18.7. The first kappa shape index (κ1) is 18.3. The van der Waals surface area contributed by atoms with Crippen LogP contribution in [-0.2, 0) is 4.79 Å². The van der Waals surface area contributed by atoms with Gasteiger partial charge in [-0.3, -0.25) is 4.79 Å². The van der Waals surface area contributed by atoms with Crippen molar-refractivity contribution in [2.24, 2.45) is 0 Å². The summed E-state index contributed by atoms with van der Waals surface area (Å²) in [5.41, 5.74) is 2.54. The Bertz CT molecular complexity index is 823. The number of urea groups is 1. The molecule has 1 fully saturated rings. The van der Waals surface area contributed by atoms with Gasteiger partial charge in [0.1, 0.15) is 5.75 Å². The number of methoxy groups -OCH3 is 1. The van der Waals surface area contributed by atoms with Gasteiger partial charge in [-0.1, -0.05) is 15.9 Å². The number of rotatable bonds is 4. The molecule has 3 rings (SSSR count). The number of benzene rings is 2. The van der Waals surface area contributed by atoms with E-state index >= 15 is 0 Å². The van der Waals surface area contributed by atoms with Crippen LogP contribution in [0.1, 0.15) is 12.0 Å². The molecule has 0 aliphatic carbocycles. The first-order valence-corrected chi connectivity index (χ1v) is 9.03. The maximum atomic E-state index is 12.3. The van der Waals surface area contributed by atoms with Gasteiger partial charge in [-0.15, -0.1) is 0 Å². The highest BCUT2D eigenvalue weighted by Gasteiger charge is 2.31. The Morgan fingerprint density at radius 1 is 1.23 bits per heavy atom. The van der Waals surface area contributed by atoms with Gasteiger partial charge in [0.05, 0.1) is 13.2 Å². The van der Waals surface area contributed by atoms with Crippen molar-refractivity contribution >= 4 is 39.2 Å². The number of nitrogens with one attached hydrogen (secondary N) is 2. The van der Waals surface area contributed by atoms with Crippen LogP contribution in [0.5, 0.6) is 5.75 Å². The number of nitrogens with zero attached hydrogens (tertiary/aromatic N) is 1. The molecule has 6 nitrogen and oxygen atoms in total. The molecule has 7 heteroatoms. The van der Waals surface area contributed by atoms with E-state index in [4.69, 9.17) is 4.74 Å². The summed E-state index contributed by atoms with van der Waals surface area (Å²) in [5.74, 6) is 0.721. The third-order valence-electron chi connectivity index (χ3n) is 4.26. The first-order chi connectivity index (χ1) is 12.5. The van der Waals surface area contributed by atoms with Crippen LogP contribution in [0.25, 0.3) is 0 Å². The van der Waals surface area contributed by atoms with Crippen LogP contribution in [0.2, 0.25) is 0 Å². The van der Waals surface area contributed by atoms with Gasteiger partial charge in [0, 0.05) is 28.8 Å². The number of hydrogen-bond acceptors (Lipinski definition) is 3. The molecular formula is C19H20BrN3O3. The van der Waals surface area contributed by atoms with Gasteiger partial charge in [0.25, 0.3) is 0 Å². The van der Waals surface area contributed by atoms with Gasteiger partial charge in [-0.2, -0.15) is 0 Å². The highest BCUT2D eigenvalue weighted by molar-refractivity contribution is 9.10. The van der Waals surface area contributed by atoms with Crippen LogP contribution in [0.4, 0.5) is 16.2 Å². The lowest BCUT2D eigenvalue weighted by molar-refractivity contribution is -0.117. The second kappa shape index (κ2) is 7.78. The highest BCUT2D eigenvalue weighted by atomic mass is 79.9. The van der Waals surface area contributed by atoms with Crippen LogP contribution in [-0.4, -0.2) is 31.6 Å². The summed E-state index contributed by atoms with van der Waals surface area (Å²) in [6.45, 7) is 2.40. The van der Waals surface area contributed by atoms with Crippen molar-refractivity contribution in [3.05, 3.63) is 52.5 Å². The van der Waals surface area contributed by atoms with Crippen molar-refractivity contribution in [1.29, 1.82) is 0 Å². The second-order valence-corrected chi connectivity index (χ2v) is 7.02. The summed E-state index contributed by atoms with van der Waals surface area (Å²) >= 11 is 3.43. The van der Waals surface area contributed by atoms with Gasteiger partial charge in [-0.05, 0) is 55.0 Å². The first-order valence-electron chi connectivity index (χ1n) is 8.24. The minimum atomic E-state index is -0.318. The molecule has 3 amide bonds. The number of carbonyl (C=O) groups excluding carboxylic acids is 2. The van der Waals surface area contributed by atoms with Crippen molar-refractivity contribution in [2.75, 3.05) is 23.9 Å². The van der Waals surface area contributed by atoms with Gasteiger partial charge in [0.15, 0.2) is 0 Å². The molecule has 1 aliphatic rings. The lowest BCUT2D eigenvalue weighted by Crippen LogP contribution is -2.39. The van der Waals surface area contributed by atoms with Gasteiger partial charge in [0.2, 0.25) is 5.91 Å². The maximum absolute atomic E-state index is 12.3. The predicted molar refractivity (Wildman–Crippen MR) is 105 cm³/mol. The van der Waals surface area contributed by atoms with Crippen molar-refractivity contribution in [3.8, 4) is 5.75 Å². The van der Waals surface area contributed by atoms with E-state index < -0.39 is 0 Å². The van der Waals surface area contributed by atoms with E-state index in [0.717, 1.165) is 21.5 Å². The third-order valence-corrected chi connectivity index (χ3v) is 5.15. The Labute approximate surface area is 160 Å². The highest BCUT2D eigenvalue weighted by Crippen LogP contribution is 2.24. The lowest BCUT2D eigenvalue weighted by atomic mass is 10.2. The van der Waals surface area contributed by atoms with Crippen molar-refractivity contribution < 1.29 is 14.3 Å². The molecule has 0 bridgehead atoms. The van der Waals surface area contributed by atoms with Crippen molar-refractivity contribution in [2.45, 2.75) is 19.4 Å². The SMILES string of the molecule is COc1ccc(N2CC(NC(=O)Nc3ccc(Br)c(C)c3)CC2=O)cc1. The number of aryl methyl sites for hydroxylation is 1. The molecule has 1 heterocycles. The molecular weight excluding hydrogens is 398 g/mol. The number of ether oxygens (including phenoxy) is 1. The fourth-order valence-corrected chi connectivity index (χ4v) is 3.14. The molecule has 0 spiro atoms. The Kier molecular flexibility index (Phi) is 5.46. The van der Waals surface area contributed by atoms with Crippen LogP contribution >= 0.6 is 15.9 Å². The Morgan fingerprint density at radius 2 is 1.96 bits per heavy atom. The molecule has 0 radical (unpaired) electrons. The van der Waals surface area contributed by atoms with Gasteiger partial charge in [-0.25, -0.2) is 4.79 Å². The number of anilines is 2. The number of carbonyl (C=O) groups is 2. The average Bonchev–Trinajstić information content (AvgIpc) is 2.98. The summed E-state index contributed by atoms with van der Waals surface area (Å²) in [4.78, 5) is 26.2. The zero-order valence-corrected chi connectivity index (χ0v) is 16.2. The number of hydrogen-bond donors (Lipinski definition) is 2. The third kappa shape index (κ3) is 4.16. The van der Waals surface area contributed by atoms with Crippen LogP contribution in [0.3, 0.4) is 0 Å². The Balaban J connectivity index is 1.59. The maximum Gasteiger partial charge on any atom is 0.319 e. The lowest BCUT2D eigenvalue weighted by Gasteiger charge is -2.18. The van der Waals surface area contributed by atoms with Crippen LogP contribution in [0, 0.1) is 6.92 Å². The Morgan fingerprint density at radius 3 is 2.62 bits per heavy atom. The summed E-state index contributed by atoms with van der Waals surface area (Å²) in [6, 6.07) is 12.3. The van der Waals surface area contributed by atoms with Crippen molar-refractivity contribution in [3.63, 3.8) is 0 Å². The number of halogens is 1. The van der Waals surface area contributed by atoms with Gasteiger partial charge >= 0.3 is 6.03 Å². The largest absolute Gasteiger partial charge is 0.497 e. The fraction of sp³-hybridized carbons (Fsp3) is 0.263. The van der Waals surface area contributed by atoms with Crippen LogP contribution in [0.15, 0.2) is 46.9 Å². The molecule has 2 aromatic rings. The molecule has 2 aromatic carbocycles. The molecule has 0 saturated carbocycles. The smallest absolute Gasteiger partial charge is 0.319 e. The molecule has 1 saturated heterocycles. The predicted octanol–water partition coefficient (Wildman–Crippen LogP) is 3.69. The Hall–Kier alpha value is -2.54. The number of amides is 3. The zero-order valence-electron chi connectivity index (χ0n) is 14.6. The normalized spacial score (nSPS) is 16.5. The molecule has 26 heavy (non-hydrogen) atoms. The van der Waals surface area contributed by atoms with E-state index in [9.17, 15) is 9.59 Å². The van der Waals surface area contributed by atoms with E-state index in [1.165, 1.54) is 0 Å². The molecule has 1 unspecified atom stereocenters. The van der Waals surface area contributed by atoms with E-state index in [2.05, 4.69) is 26.6 Å². The molecule has 1 atom stereocenters. The summed E-state index contributed by atoms with van der Waals surface area (Å²) in [7, 11) is 1.60. The minimum absolute atomic E-state index is 0.0139. The molecule has 2 N–H and O–H groups in total. The summed E-state index contributed by atoms with van der Waals surface area (Å²) < 4.78 is 6.12. The summed E-state index contributed by atoms with van der Waals surface area (Å²) in [5, 5.41) is 5.67. The minimum Gasteiger partial charge on any atom is -0.497 e. The topological polar surface area (TPSA) is 70.7 Å². The standard InChI is InChI=1S/C19H20BrN3O3/c1-12-9-13(3-8-17(12)20)21-19(25)22-14-10-18(24)23(11-14)15-4-6-16(26-2)7-5-15/h3-9,14H,10-11H2,1-2H3,(H2,21,22,25). The van der Waals surface area contributed by atoms with Crippen molar-refractivity contribution in [1.82, 2.24) is 5.32 Å².